The lowest BCUT2D eigenvalue weighted by atomic mass is 10.1. The zero-order valence-electron chi connectivity index (χ0n) is 23.8. The predicted molar refractivity (Wildman–Crippen MR) is 156 cm³/mol. The van der Waals surface area contributed by atoms with Gasteiger partial charge in [0.05, 0.1) is 19.5 Å². The fraction of sp³-hybridized carbons (Fsp3) is 0.571. The van der Waals surface area contributed by atoms with Crippen LogP contribution in [0.15, 0.2) is 28.2 Å². The van der Waals surface area contributed by atoms with Crippen molar-refractivity contribution in [3.63, 3.8) is 0 Å². The first-order chi connectivity index (χ1) is 21.6. The minimum atomic E-state index is -5.01. The molecule has 0 bridgehead atoms. The average molecular weight is 713 g/mol. The van der Waals surface area contributed by atoms with Crippen molar-refractivity contribution in [3.8, 4) is 0 Å². The lowest BCUT2D eigenvalue weighted by Gasteiger charge is -2.28. The lowest BCUT2D eigenvalue weighted by molar-refractivity contribution is -0.0589. The Kier molecular flexibility index (Phi) is 10.1. The Morgan fingerprint density at radius 3 is 2.30 bits per heavy atom. The molecule has 22 nitrogen and oxygen atoms in total. The molecule has 2 aliphatic rings. The second kappa shape index (κ2) is 13.4. The zero-order chi connectivity index (χ0) is 33.6. The van der Waals surface area contributed by atoms with Crippen molar-refractivity contribution in [1.29, 1.82) is 0 Å². The van der Waals surface area contributed by atoms with Crippen molar-refractivity contribution in [2.75, 3.05) is 38.9 Å². The van der Waals surface area contributed by atoms with E-state index in [2.05, 4.69) is 24.5 Å². The minimum absolute atomic E-state index is 0.0178. The van der Waals surface area contributed by atoms with Crippen LogP contribution in [0.1, 0.15) is 12.5 Å². The van der Waals surface area contributed by atoms with E-state index in [4.69, 9.17) is 51.3 Å². The van der Waals surface area contributed by atoms with Gasteiger partial charge in [-0.15, -0.1) is 0 Å². The van der Waals surface area contributed by atoms with Crippen molar-refractivity contribution in [1.82, 2.24) is 29.1 Å². The summed E-state index contributed by atoms with van der Waals surface area (Å²) < 4.78 is 52.3. The summed E-state index contributed by atoms with van der Waals surface area (Å²) in [6, 6.07) is 1.33. The Bertz CT molecular complexity index is 1780. The van der Waals surface area contributed by atoms with E-state index in [1.165, 1.54) is 37.4 Å². The predicted octanol–water partition coefficient (Wildman–Crippen LogP) is -2.55. The van der Waals surface area contributed by atoms with Crippen LogP contribution in [-0.4, -0.2) is 113 Å². The number of ether oxygens (including phenoxy) is 4. The standard InChI is InChI=1S/C21H30N8O14P2S/c1-37-13-8(41-18(12(13)30)28-4-3-10(22)25-21(28)32)6-40-45(36,46)43-14-9(5-39-44(33,34)35)42-19(15(14)38-2)29-7-24-11-16(29)26-20(23)27-17(11)31/h3-4,7-9,12-15,18-19,30H,5-6H2,1-2H3,(H,36,46)(H2,22,25,32)(H2,33,34,35)(H3,23,26,27,31)/t8-,9-,12-,13-,14?,15-,18-,19-,45?/m1/s1. The van der Waals surface area contributed by atoms with Crippen LogP contribution in [0.25, 0.3) is 11.2 Å². The molecule has 46 heavy (non-hydrogen) atoms. The van der Waals surface area contributed by atoms with E-state index in [1.54, 1.807) is 0 Å². The Labute approximate surface area is 262 Å². The van der Waals surface area contributed by atoms with Gasteiger partial charge >= 0.3 is 20.2 Å². The summed E-state index contributed by atoms with van der Waals surface area (Å²) in [7, 11) is -2.47. The molecule has 9 N–H and O–H groups in total. The third-order valence-corrected chi connectivity index (χ3v) is 9.10. The van der Waals surface area contributed by atoms with Crippen molar-refractivity contribution < 1.29 is 56.9 Å². The monoisotopic (exact) mass is 712 g/mol. The summed E-state index contributed by atoms with van der Waals surface area (Å²) >= 11 is 5.22. The number of H-pyrrole nitrogens is 1. The Morgan fingerprint density at radius 1 is 1.00 bits per heavy atom. The lowest BCUT2D eigenvalue weighted by Crippen LogP contribution is -2.38. The van der Waals surface area contributed by atoms with Crippen LogP contribution >= 0.6 is 14.5 Å². The van der Waals surface area contributed by atoms with E-state index < -0.39 is 88.1 Å². The molecule has 0 saturated carbocycles. The first-order valence-electron chi connectivity index (χ1n) is 13.1. The molecule has 2 fully saturated rings. The summed E-state index contributed by atoms with van der Waals surface area (Å²) in [6.07, 6.45) is -7.44. The third kappa shape index (κ3) is 7.22. The van der Waals surface area contributed by atoms with Gasteiger partial charge in [0.25, 0.3) is 5.56 Å². The molecule has 254 valence electrons. The van der Waals surface area contributed by atoms with Gasteiger partial charge in [-0.05, 0) is 17.9 Å². The van der Waals surface area contributed by atoms with Gasteiger partial charge in [-0.3, -0.25) is 28.0 Å². The number of nitrogens with zero attached hydrogens (tertiary/aromatic N) is 5. The van der Waals surface area contributed by atoms with Crippen LogP contribution in [0.5, 0.6) is 0 Å². The highest BCUT2D eigenvalue weighted by molar-refractivity contribution is 8.07. The molecule has 0 amide bonds. The van der Waals surface area contributed by atoms with Gasteiger partial charge in [0.2, 0.25) is 5.95 Å². The summed E-state index contributed by atoms with van der Waals surface area (Å²) in [5, 5.41) is 10.8. The first-order valence-corrected chi connectivity index (χ1v) is 17.2. The quantitative estimate of drug-likeness (QED) is 0.0951. The van der Waals surface area contributed by atoms with Crippen LogP contribution in [0, 0.1) is 0 Å². The second-order valence-corrected chi connectivity index (χ2v) is 14.0. The van der Waals surface area contributed by atoms with Crippen LogP contribution in [0.3, 0.4) is 0 Å². The molecular formula is C21H30N8O14P2S. The smallest absolute Gasteiger partial charge is 0.386 e. The topological polar surface area (TPSA) is 313 Å². The average Bonchev–Trinajstić information content (AvgIpc) is 3.63. The molecule has 2 unspecified atom stereocenters. The number of anilines is 2. The van der Waals surface area contributed by atoms with Crippen LogP contribution in [0.2, 0.25) is 0 Å². The highest BCUT2D eigenvalue weighted by Gasteiger charge is 2.51. The zero-order valence-corrected chi connectivity index (χ0v) is 26.4. The number of aliphatic hydroxyl groups is 1. The molecule has 2 aliphatic heterocycles. The van der Waals surface area contributed by atoms with E-state index in [9.17, 15) is 33.9 Å². The molecule has 0 aliphatic carbocycles. The third-order valence-electron chi connectivity index (χ3n) is 7.05. The van der Waals surface area contributed by atoms with Gasteiger partial charge in [-0.1, -0.05) is 0 Å². The van der Waals surface area contributed by atoms with Gasteiger partial charge in [0, 0.05) is 20.4 Å². The number of rotatable bonds is 12. The number of aliphatic hydroxyl groups excluding tert-OH is 1. The second-order valence-electron chi connectivity index (χ2n) is 9.96. The van der Waals surface area contributed by atoms with Crippen LogP contribution < -0.4 is 22.7 Å². The van der Waals surface area contributed by atoms with Gasteiger partial charge in [-0.2, -0.15) is 9.97 Å². The number of nitrogen functional groups attached to an aromatic ring is 2. The molecule has 0 spiro atoms. The summed E-state index contributed by atoms with van der Waals surface area (Å²) in [6.45, 7) is -5.56. The molecule has 5 rings (SSSR count). The van der Waals surface area contributed by atoms with Crippen molar-refractivity contribution in [3.05, 3.63) is 39.4 Å². The number of phosphoric acid groups is 1. The molecule has 25 heteroatoms. The van der Waals surface area contributed by atoms with Crippen molar-refractivity contribution >= 4 is 49.3 Å². The molecule has 3 aromatic rings. The number of hydrogen-bond acceptors (Lipinski definition) is 17. The van der Waals surface area contributed by atoms with E-state index >= 15 is 0 Å². The van der Waals surface area contributed by atoms with Crippen molar-refractivity contribution in [2.45, 2.75) is 49.1 Å². The number of hydrogen-bond donors (Lipinski definition) is 7. The summed E-state index contributed by atoms with van der Waals surface area (Å²) in [4.78, 5) is 68.3. The number of aromatic amines is 1. The molecule has 5 heterocycles. The van der Waals surface area contributed by atoms with Gasteiger partial charge in [0.1, 0.15) is 42.4 Å². The normalized spacial score (nSPS) is 29.8. The van der Waals surface area contributed by atoms with E-state index in [0.717, 1.165) is 4.57 Å². The molecular weight excluding hydrogens is 682 g/mol. The minimum Gasteiger partial charge on any atom is -0.386 e. The van der Waals surface area contributed by atoms with Crippen LogP contribution in [-0.2, 0) is 48.9 Å². The fourth-order valence-corrected chi connectivity index (χ4v) is 6.87. The molecule has 0 radical (unpaired) electrons. The highest BCUT2D eigenvalue weighted by Crippen LogP contribution is 2.51. The Morgan fingerprint density at radius 2 is 1.65 bits per heavy atom. The number of fused-ring (bicyclic) bond motifs is 1. The number of aromatic nitrogens is 6. The number of nitrogens with two attached hydrogens (primary N) is 2. The molecule has 3 aromatic heterocycles. The Hall–Kier alpha value is -2.73. The molecule has 9 atom stereocenters. The van der Waals surface area contributed by atoms with Gasteiger partial charge in [-0.25, -0.2) is 14.3 Å². The maximum atomic E-state index is 12.3. The number of methoxy groups -OCH3 is 2. The SMILES string of the molecule is CO[C@H]1[C@@H](O)[C@H](n2ccc(N)nc2=O)O[C@@H]1COP(O)(=S)OC1[C@@H](OC)[C@H](n2cnc3c(=O)[nH]c(N)nc32)O[C@@H]1COP(=O)(O)O. The molecule has 2 saturated heterocycles. The number of imidazole rings is 1. The van der Waals surface area contributed by atoms with Crippen molar-refractivity contribution in [2.24, 2.45) is 0 Å². The maximum absolute atomic E-state index is 12.3. The maximum Gasteiger partial charge on any atom is 0.469 e. The number of nitrogens with one attached hydrogen (secondary N) is 1. The summed E-state index contributed by atoms with van der Waals surface area (Å²) in [5.74, 6) is -0.268. The fourth-order valence-electron chi connectivity index (χ4n) is 5.09. The van der Waals surface area contributed by atoms with Gasteiger partial charge in [0.15, 0.2) is 23.6 Å². The highest BCUT2D eigenvalue weighted by atomic mass is 32.5. The van der Waals surface area contributed by atoms with Crippen LogP contribution in [0.4, 0.5) is 11.8 Å². The van der Waals surface area contributed by atoms with Gasteiger partial charge < -0.3 is 54.7 Å². The first kappa shape index (κ1) is 34.6. The Balaban J connectivity index is 1.36. The van der Waals surface area contributed by atoms with E-state index in [-0.39, 0.29) is 22.9 Å². The van der Waals surface area contributed by atoms with E-state index in [1.807, 2.05) is 0 Å². The van der Waals surface area contributed by atoms with E-state index in [0.29, 0.717) is 0 Å². The summed E-state index contributed by atoms with van der Waals surface area (Å²) in [5.41, 5.74) is 9.67. The largest absolute Gasteiger partial charge is 0.469 e. The number of phosphoric ester groups is 1. The molecule has 0 aromatic carbocycles.